The minimum absolute atomic E-state index is 0.179. The van der Waals surface area contributed by atoms with Crippen LogP contribution in [0.5, 0.6) is 0 Å². The van der Waals surface area contributed by atoms with Crippen LogP contribution in [0.25, 0.3) is 0 Å². The largest absolute Gasteiger partial charge is 0.406 e. The van der Waals surface area contributed by atoms with Crippen molar-refractivity contribution in [2.24, 2.45) is 0 Å². The number of benzene rings is 1. The standard InChI is InChI=1S/C12H16F3NO/c1-2-17-9-11(12(13,14)15)16-8-10-6-4-3-5-7-10/h3-7,11,16H,2,8-9H2,1H3/t11-/m1/s1. The lowest BCUT2D eigenvalue weighted by Gasteiger charge is -2.21. The second kappa shape index (κ2) is 6.61. The molecule has 0 aliphatic carbocycles. The van der Waals surface area contributed by atoms with E-state index in [1.807, 2.05) is 6.07 Å². The van der Waals surface area contributed by atoms with Crippen LogP contribution < -0.4 is 5.32 Å². The summed E-state index contributed by atoms with van der Waals surface area (Å²) >= 11 is 0. The lowest BCUT2D eigenvalue weighted by molar-refractivity contribution is -0.168. The Morgan fingerprint density at radius 3 is 2.41 bits per heavy atom. The molecule has 5 heteroatoms. The van der Waals surface area contributed by atoms with E-state index in [9.17, 15) is 13.2 Å². The zero-order chi connectivity index (χ0) is 12.7. The van der Waals surface area contributed by atoms with Gasteiger partial charge in [-0.1, -0.05) is 30.3 Å². The summed E-state index contributed by atoms with van der Waals surface area (Å²) in [5.74, 6) is 0. The van der Waals surface area contributed by atoms with Crippen molar-refractivity contribution < 1.29 is 17.9 Å². The fourth-order valence-electron chi connectivity index (χ4n) is 1.34. The second-order valence-electron chi connectivity index (χ2n) is 3.62. The first-order valence-corrected chi connectivity index (χ1v) is 5.45. The Labute approximate surface area is 98.8 Å². The molecule has 17 heavy (non-hydrogen) atoms. The van der Waals surface area contributed by atoms with E-state index in [2.05, 4.69) is 5.32 Å². The summed E-state index contributed by atoms with van der Waals surface area (Å²) in [6, 6.07) is 7.35. The monoisotopic (exact) mass is 247 g/mol. The molecule has 0 aromatic heterocycles. The number of ether oxygens (including phenoxy) is 1. The van der Waals surface area contributed by atoms with Gasteiger partial charge in [0, 0.05) is 13.2 Å². The average Bonchev–Trinajstić information content (AvgIpc) is 2.29. The molecule has 0 saturated heterocycles. The van der Waals surface area contributed by atoms with Crippen LogP contribution in [-0.2, 0) is 11.3 Å². The molecule has 1 N–H and O–H groups in total. The maximum absolute atomic E-state index is 12.6. The summed E-state index contributed by atoms with van der Waals surface area (Å²) in [5, 5.41) is 2.46. The zero-order valence-electron chi connectivity index (χ0n) is 9.63. The van der Waals surface area contributed by atoms with Gasteiger partial charge in [0.2, 0.25) is 0 Å². The van der Waals surface area contributed by atoms with Crippen molar-refractivity contribution >= 4 is 0 Å². The molecule has 1 atom stereocenters. The van der Waals surface area contributed by atoms with Gasteiger partial charge in [0.05, 0.1) is 6.61 Å². The molecule has 0 unspecified atom stereocenters. The van der Waals surface area contributed by atoms with E-state index in [4.69, 9.17) is 4.74 Å². The molecule has 0 fully saturated rings. The molecular formula is C12H16F3NO. The number of rotatable bonds is 6. The summed E-state index contributed by atoms with van der Waals surface area (Å²) in [7, 11) is 0. The fraction of sp³-hybridized carbons (Fsp3) is 0.500. The summed E-state index contributed by atoms with van der Waals surface area (Å²) in [5.41, 5.74) is 0.818. The quantitative estimate of drug-likeness (QED) is 0.834. The van der Waals surface area contributed by atoms with E-state index >= 15 is 0 Å². The van der Waals surface area contributed by atoms with Gasteiger partial charge in [-0.25, -0.2) is 0 Å². The van der Waals surface area contributed by atoms with Crippen molar-refractivity contribution in [2.45, 2.75) is 25.7 Å². The Morgan fingerprint density at radius 1 is 1.24 bits per heavy atom. The molecular weight excluding hydrogens is 231 g/mol. The third-order valence-corrected chi connectivity index (χ3v) is 2.28. The first kappa shape index (κ1) is 14.0. The number of hydrogen-bond acceptors (Lipinski definition) is 2. The number of hydrogen-bond donors (Lipinski definition) is 1. The first-order valence-electron chi connectivity index (χ1n) is 5.45. The van der Waals surface area contributed by atoms with Crippen molar-refractivity contribution in [2.75, 3.05) is 13.2 Å². The fourth-order valence-corrected chi connectivity index (χ4v) is 1.34. The molecule has 0 aliphatic heterocycles. The molecule has 2 nitrogen and oxygen atoms in total. The van der Waals surface area contributed by atoms with Gasteiger partial charge in [0.25, 0.3) is 0 Å². The van der Waals surface area contributed by atoms with Crippen molar-refractivity contribution in [3.63, 3.8) is 0 Å². The molecule has 1 aromatic rings. The molecule has 0 bridgehead atoms. The van der Waals surface area contributed by atoms with Gasteiger partial charge >= 0.3 is 6.18 Å². The lowest BCUT2D eigenvalue weighted by Crippen LogP contribution is -2.45. The summed E-state index contributed by atoms with van der Waals surface area (Å²) < 4.78 is 42.6. The molecule has 0 heterocycles. The van der Waals surface area contributed by atoms with Gasteiger partial charge in [-0.2, -0.15) is 13.2 Å². The molecule has 96 valence electrons. The van der Waals surface area contributed by atoms with Gasteiger partial charge < -0.3 is 10.1 Å². The SMILES string of the molecule is CCOC[C@@H](NCc1ccccc1)C(F)(F)F. The maximum atomic E-state index is 12.6. The van der Waals surface area contributed by atoms with Crippen LogP contribution in [0, 0.1) is 0 Å². The Hall–Kier alpha value is -1.07. The summed E-state index contributed by atoms with van der Waals surface area (Å²) in [6.07, 6.45) is -4.29. The number of alkyl halides is 3. The third kappa shape index (κ3) is 5.19. The maximum Gasteiger partial charge on any atom is 0.406 e. The van der Waals surface area contributed by atoms with Crippen LogP contribution in [0.4, 0.5) is 13.2 Å². The highest BCUT2D eigenvalue weighted by Crippen LogP contribution is 2.20. The number of halogens is 3. The first-order chi connectivity index (χ1) is 8.04. The van der Waals surface area contributed by atoms with Gasteiger partial charge in [-0.05, 0) is 12.5 Å². The Kier molecular flexibility index (Phi) is 5.44. The van der Waals surface area contributed by atoms with E-state index in [-0.39, 0.29) is 19.8 Å². The minimum atomic E-state index is -4.29. The van der Waals surface area contributed by atoms with Crippen LogP contribution >= 0.6 is 0 Å². The summed E-state index contributed by atoms with van der Waals surface area (Å²) in [6.45, 7) is 1.77. The smallest absolute Gasteiger partial charge is 0.380 e. The minimum Gasteiger partial charge on any atom is -0.380 e. The van der Waals surface area contributed by atoms with E-state index in [0.29, 0.717) is 0 Å². The van der Waals surface area contributed by atoms with Gasteiger partial charge in [0.1, 0.15) is 6.04 Å². The van der Waals surface area contributed by atoms with Crippen molar-refractivity contribution in [1.82, 2.24) is 5.32 Å². The zero-order valence-corrected chi connectivity index (χ0v) is 9.63. The highest BCUT2D eigenvalue weighted by molar-refractivity contribution is 5.14. The van der Waals surface area contributed by atoms with Crippen LogP contribution in [0.1, 0.15) is 12.5 Å². The predicted octanol–water partition coefficient (Wildman–Crippen LogP) is 2.74. The molecule has 0 radical (unpaired) electrons. The van der Waals surface area contributed by atoms with Crippen molar-refractivity contribution in [3.8, 4) is 0 Å². The van der Waals surface area contributed by atoms with E-state index in [0.717, 1.165) is 5.56 Å². The topological polar surface area (TPSA) is 21.3 Å². The Morgan fingerprint density at radius 2 is 1.88 bits per heavy atom. The predicted molar refractivity (Wildman–Crippen MR) is 59.6 cm³/mol. The highest BCUT2D eigenvalue weighted by Gasteiger charge is 2.39. The Bertz CT molecular complexity index is 313. The molecule has 1 aromatic carbocycles. The molecule has 1 rings (SSSR count). The molecule has 0 spiro atoms. The van der Waals surface area contributed by atoms with Gasteiger partial charge in [0.15, 0.2) is 0 Å². The van der Waals surface area contributed by atoms with Gasteiger partial charge in [-0.3, -0.25) is 0 Å². The molecule has 0 saturated carbocycles. The van der Waals surface area contributed by atoms with E-state index < -0.39 is 12.2 Å². The average molecular weight is 247 g/mol. The van der Waals surface area contributed by atoms with Gasteiger partial charge in [-0.15, -0.1) is 0 Å². The normalized spacial score (nSPS) is 13.6. The van der Waals surface area contributed by atoms with Crippen LogP contribution in [0.15, 0.2) is 30.3 Å². The third-order valence-electron chi connectivity index (χ3n) is 2.28. The van der Waals surface area contributed by atoms with Crippen LogP contribution in [0.2, 0.25) is 0 Å². The molecule has 0 aliphatic rings. The van der Waals surface area contributed by atoms with Crippen LogP contribution in [-0.4, -0.2) is 25.4 Å². The second-order valence-corrected chi connectivity index (χ2v) is 3.62. The summed E-state index contributed by atoms with van der Waals surface area (Å²) in [4.78, 5) is 0. The lowest BCUT2D eigenvalue weighted by atomic mass is 10.2. The van der Waals surface area contributed by atoms with E-state index in [1.54, 1.807) is 31.2 Å². The van der Waals surface area contributed by atoms with Crippen LogP contribution in [0.3, 0.4) is 0 Å². The van der Waals surface area contributed by atoms with Crippen molar-refractivity contribution in [1.29, 1.82) is 0 Å². The molecule has 0 amide bonds. The van der Waals surface area contributed by atoms with Crippen molar-refractivity contribution in [3.05, 3.63) is 35.9 Å². The highest BCUT2D eigenvalue weighted by atomic mass is 19.4. The Balaban J connectivity index is 2.49. The number of nitrogens with one attached hydrogen (secondary N) is 1. The van der Waals surface area contributed by atoms with E-state index in [1.165, 1.54) is 0 Å².